The second-order valence-corrected chi connectivity index (χ2v) is 5.53. The highest BCUT2D eigenvalue weighted by Crippen LogP contribution is 2.25. The Bertz CT molecular complexity index is 733. The van der Waals surface area contributed by atoms with Gasteiger partial charge in [-0.25, -0.2) is 4.79 Å². The highest BCUT2D eigenvalue weighted by molar-refractivity contribution is 7.71. The minimum absolute atomic E-state index is 0.113. The third kappa shape index (κ3) is 2.29. The lowest BCUT2D eigenvalue weighted by molar-refractivity contribution is 0.644. The van der Waals surface area contributed by atoms with Crippen molar-refractivity contribution in [3.05, 3.63) is 56.6 Å². The number of hydrogen-bond acceptors (Lipinski definition) is 3. The number of nitrogens with one attached hydrogen (secondary N) is 1. The number of rotatable bonds is 3. The van der Waals surface area contributed by atoms with Crippen molar-refractivity contribution in [1.29, 1.82) is 0 Å². The van der Waals surface area contributed by atoms with Gasteiger partial charge in [-0.1, -0.05) is 42.5 Å². The summed E-state index contributed by atoms with van der Waals surface area (Å²) in [5.41, 5.74) is 2.21. The number of nitrogens with zero attached hydrogens (tertiary/aromatic N) is 2. The van der Waals surface area contributed by atoms with E-state index in [2.05, 4.69) is 22.0 Å². The molecule has 5 heteroatoms. The molecule has 0 radical (unpaired) electrons. The molecule has 1 aliphatic heterocycles. The normalized spacial score (nSPS) is 13.6. The summed E-state index contributed by atoms with van der Waals surface area (Å²) >= 11 is 5.26. The van der Waals surface area contributed by atoms with Gasteiger partial charge in [0.15, 0.2) is 0 Å². The van der Waals surface area contributed by atoms with Gasteiger partial charge in [0.25, 0.3) is 0 Å². The molecular weight excluding hydrogens is 270 g/mol. The quantitative estimate of drug-likeness (QED) is 0.879. The van der Waals surface area contributed by atoms with Crippen LogP contribution in [0.3, 0.4) is 0 Å². The molecule has 104 valence electrons. The van der Waals surface area contributed by atoms with Gasteiger partial charge in [-0.2, -0.15) is 0 Å². The van der Waals surface area contributed by atoms with Gasteiger partial charge in [-0.15, -0.1) is 0 Å². The summed E-state index contributed by atoms with van der Waals surface area (Å²) in [6.45, 7) is 1.59. The van der Waals surface area contributed by atoms with Crippen LogP contribution in [-0.2, 0) is 19.4 Å². The van der Waals surface area contributed by atoms with E-state index < -0.39 is 0 Å². The number of benzene rings is 1. The zero-order valence-corrected chi connectivity index (χ0v) is 12.2. The fraction of sp³-hybridized carbons (Fsp3) is 0.333. The Hall–Kier alpha value is -1.88. The maximum Gasteiger partial charge on any atom is 0.328 e. The van der Waals surface area contributed by atoms with Crippen molar-refractivity contribution in [2.45, 2.75) is 19.4 Å². The molecule has 0 amide bonds. The molecule has 0 aliphatic carbocycles. The van der Waals surface area contributed by atoms with Gasteiger partial charge in [0.2, 0.25) is 0 Å². The largest absolute Gasteiger partial charge is 0.360 e. The molecule has 2 aromatic rings. The first-order valence-corrected chi connectivity index (χ1v) is 7.18. The molecule has 0 saturated heterocycles. The molecule has 1 aliphatic rings. The summed E-state index contributed by atoms with van der Waals surface area (Å²) in [6.07, 6.45) is 1.75. The lowest BCUT2D eigenvalue weighted by Gasteiger charge is -2.18. The molecular formula is C15H17N3OS. The van der Waals surface area contributed by atoms with E-state index in [-0.39, 0.29) is 5.69 Å². The average Bonchev–Trinajstić information content (AvgIpc) is 2.82. The molecule has 1 aromatic heterocycles. The Labute approximate surface area is 122 Å². The van der Waals surface area contributed by atoms with Crippen LogP contribution < -0.4 is 10.6 Å². The molecule has 1 aromatic carbocycles. The Kier molecular flexibility index (Phi) is 3.44. The molecule has 0 saturated carbocycles. The maximum atomic E-state index is 12.2. The van der Waals surface area contributed by atoms with Crippen molar-refractivity contribution in [3.63, 3.8) is 0 Å². The molecule has 1 N–H and O–H groups in total. The predicted octanol–water partition coefficient (Wildman–Crippen LogP) is 2.14. The van der Waals surface area contributed by atoms with Gasteiger partial charge in [0, 0.05) is 25.7 Å². The monoisotopic (exact) mass is 287 g/mol. The van der Waals surface area contributed by atoms with Gasteiger partial charge in [0.05, 0.1) is 0 Å². The number of aryl methyl sites for hydroxylation is 1. The Morgan fingerprint density at radius 2 is 2.05 bits per heavy atom. The average molecular weight is 287 g/mol. The van der Waals surface area contributed by atoms with E-state index in [4.69, 9.17) is 12.2 Å². The van der Waals surface area contributed by atoms with Gasteiger partial charge in [-0.3, -0.25) is 9.55 Å². The standard InChI is InChI=1S/C15H17N3OS/c1-17-9-8-12-13(20)16-15(19)18(14(12)17)10-7-11-5-3-2-4-6-11/h2-6H,7-10H2,1H3,(H,16,19,20). The Balaban J connectivity index is 1.96. The fourth-order valence-corrected chi connectivity index (χ4v) is 3.02. The molecule has 2 heterocycles. The van der Waals surface area contributed by atoms with Crippen LogP contribution in [0, 0.1) is 4.64 Å². The number of hydrogen-bond donors (Lipinski definition) is 1. The first kappa shape index (κ1) is 13.1. The minimum Gasteiger partial charge on any atom is -0.360 e. The summed E-state index contributed by atoms with van der Waals surface area (Å²) in [5, 5.41) is 0. The molecule has 0 atom stereocenters. The lowest BCUT2D eigenvalue weighted by atomic mass is 10.1. The first-order chi connectivity index (χ1) is 9.66. The smallest absolute Gasteiger partial charge is 0.328 e. The Morgan fingerprint density at radius 1 is 1.30 bits per heavy atom. The summed E-state index contributed by atoms with van der Waals surface area (Å²) in [6, 6.07) is 10.2. The van der Waals surface area contributed by atoms with Crippen molar-refractivity contribution in [3.8, 4) is 0 Å². The van der Waals surface area contributed by atoms with E-state index in [9.17, 15) is 4.79 Å². The van der Waals surface area contributed by atoms with E-state index in [1.165, 1.54) is 5.56 Å². The summed E-state index contributed by atoms with van der Waals surface area (Å²) < 4.78 is 2.40. The second-order valence-electron chi connectivity index (χ2n) is 5.12. The molecule has 0 bridgehead atoms. The number of anilines is 1. The number of H-pyrrole nitrogens is 1. The van der Waals surface area contributed by atoms with E-state index in [0.29, 0.717) is 11.2 Å². The minimum atomic E-state index is -0.113. The van der Waals surface area contributed by atoms with Crippen LogP contribution >= 0.6 is 12.2 Å². The predicted molar refractivity (Wildman–Crippen MR) is 83.0 cm³/mol. The fourth-order valence-electron chi connectivity index (χ4n) is 2.74. The second kappa shape index (κ2) is 5.25. The van der Waals surface area contributed by atoms with Crippen LogP contribution in [0.15, 0.2) is 35.1 Å². The zero-order chi connectivity index (χ0) is 14.1. The van der Waals surface area contributed by atoms with Crippen molar-refractivity contribution in [2.24, 2.45) is 0 Å². The first-order valence-electron chi connectivity index (χ1n) is 6.78. The van der Waals surface area contributed by atoms with E-state index in [0.717, 1.165) is 30.8 Å². The highest BCUT2D eigenvalue weighted by atomic mass is 32.1. The number of fused-ring (bicyclic) bond motifs is 1. The molecule has 3 rings (SSSR count). The summed E-state index contributed by atoms with van der Waals surface area (Å²) in [7, 11) is 2.01. The van der Waals surface area contributed by atoms with Crippen LogP contribution in [-0.4, -0.2) is 23.1 Å². The number of aromatic nitrogens is 2. The van der Waals surface area contributed by atoms with Crippen molar-refractivity contribution in [1.82, 2.24) is 9.55 Å². The SMILES string of the molecule is CN1CCc2c1n(CCc1ccccc1)c(=O)[nH]c2=S. The van der Waals surface area contributed by atoms with Crippen molar-refractivity contribution in [2.75, 3.05) is 18.5 Å². The Morgan fingerprint density at radius 3 is 2.80 bits per heavy atom. The van der Waals surface area contributed by atoms with Crippen molar-refractivity contribution < 1.29 is 0 Å². The third-order valence-electron chi connectivity index (χ3n) is 3.79. The molecule has 4 nitrogen and oxygen atoms in total. The molecule has 20 heavy (non-hydrogen) atoms. The van der Waals surface area contributed by atoms with Gasteiger partial charge in [0.1, 0.15) is 10.5 Å². The third-order valence-corrected chi connectivity index (χ3v) is 4.14. The lowest BCUT2D eigenvalue weighted by Crippen LogP contribution is -2.29. The maximum absolute atomic E-state index is 12.2. The number of likely N-dealkylation sites (N-methyl/N-ethyl adjacent to an activating group) is 1. The van der Waals surface area contributed by atoms with Crippen LogP contribution in [0.1, 0.15) is 11.1 Å². The van der Waals surface area contributed by atoms with E-state index >= 15 is 0 Å². The van der Waals surface area contributed by atoms with Gasteiger partial charge >= 0.3 is 5.69 Å². The molecule has 0 unspecified atom stereocenters. The van der Waals surface area contributed by atoms with E-state index in [1.54, 1.807) is 0 Å². The highest BCUT2D eigenvalue weighted by Gasteiger charge is 2.22. The topological polar surface area (TPSA) is 41.0 Å². The summed E-state index contributed by atoms with van der Waals surface area (Å²) in [4.78, 5) is 17.1. The van der Waals surface area contributed by atoms with E-state index in [1.807, 2.05) is 29.8 Å². The van der Waals surface area contributed by atoms with Gasteiger partial charge in [-0.05, 0) is 18.4 Å². The van der Waals surface area contributed by atoms with Crippen LogP contribution in [0.2, 0.25) is 0 Å². The van der Waals surface area contributed by atoms with Crippen LogP contribution in [0.25, 0.3) is 0 Å². The van der Waals surface area contributed by atoms with Crippen LogP contribution in [0.5, 0.6) is 0 Å². The number of aromatic amines is 1. The van der Waals surface area contributed by atoms with Crippen LogP contribution in [0.4, 0.5) is 5.82 Å². The summed E-state index contributed by atoms with van der Waals surface area (Å²) in [5.74, 6) is 0.981. The zero-order valence-electron chi connectivity index (χ0n) is 11.4. The molecule has 0 fully saturated rings. The molecule has 0 spiro atoms. The van der Waals surface area contributed by atoms with Gasteiger partial charge < -0.3 is 4.90 Å². The van der Waals surface area contributed by atoms with Crippen molar-refractivity contribution >= 4 is 18.0 Å².